The van der Waals surface area contributed by atoms with E-state index >= 15 is 0 Å². The highest BCUT2D eigenvalue weighted by Gasteiger charge is 2.25. The van der Waals surface area contributed by atoms with Crippen molar-refractivity contribution in [1.82, 2.24) is 15.2 Å². The third-order valence-corrected chi connectivity index (χ3v) is 5.37. The number of piperidine rings is 1. The van der Waals surface area contributed by atoms with Gasteiger partial charge >= 0.3 is 0 Å². The quantitative estimate of drug-likeness (QED) is 0.797. The Bertz CT molecular complexity index is 824. The molecule has 0 spiro atoms. The van der Waals surface area contributed by atoms with Crippen molar-refractivity contribution in [2.24, 2.45) is 5.92 Å². The van der Waals surface area contributed by atoms with Crippen LogP contribution in [-0.4, -0.2) is 34.8 Å². The zero-order valence-electron chi connectivity index (χ0n) is 15.5. The van der Waals surface area contributed by atoms with Gasteiger partial charge < -0.3 is 10.2 Å². The third-order valence-electron chi connectivity index (χ3n) is 5.06. The number of rotatable bonds is 6. The highest BCUT2D eigenvalue weighted by molar-refractivity contribution is 6.33. The van der Waals surface area contributed by atoms with Crippen LogP contribution < -0.4 is 5.32 Å². The maximum atomic E-state index is 13.2. The molecule has 0 atom stereocenters. The van der Waals surface area contributed by atoms with Gasteiger partial charge in [0.05, 0.1) is 10.6 Å². The van der Waals surface area contributed by atoms with Gasteiger partial charge in [0.15, 0.2) is 0 Å². The van der Waals surface area contributed by atoms with Gasteiger partial charge in [-0.25, -0.2) is 4.39 Å². The number of halogens is 2. The van der Waals surface area contributed by atoms with Crippen LogP contribution in [0.15, 0.2) is 42.7 Å². The lowest BCUT2D eigenvalue weighted by molar-refractivity contribution is -0.121. The van der Waals surface area contributed by atoms with Gasteiger partial charge in [-0.15, -0.1) is 0 Å². The molecule has 3 rings (SSSR count). The highest BCUT2D eigenvalue weighted by atomic mass is 35.5. The molecule has 2 heterocycles. The van der Waals surface area contributed by atoms with Gasteiger partial charge in [-0.2, -0.15) is 0 Å². The molecule has 1 N–H and O–H groups in total. The van der Waals surface area contributed by atoms with Crippen LogP contribution in [0.1, 0.15) is 41.6 Å². The Balaban J connectivity index is 1.40. The molecule has 1 aliphatic rings. The van der Waals surface area contributed by atoms with Crippen molar-refractivity contribution in [3.8, 4) is 0 Å². The van der Waals surface area contributed by atoms with E-state index in [2.05, 4.69) is 10.3 Å². The molecule has 1 fully saturated rings. The van der Waals surface area contributed by atoms with Crippen molar-refractivity contribution in [2.75, 3.05) is 13.1 Å². The maximum Gasteiger partial charge on any atom is 0.255 e. The Morgan fingerprint density at radius 1 is 1.25 bits per heavy atom. The van der Waals surface area contributed by atoms with Crippen molar-refractivity contribution in [3.63, 3.8) is 0 Å². The molecule has 148 valence electrons. The number of amides is 2. The minimum Gasteiger partial charge on any atom is -0.352 e. The summed E-state index contributed by atoms with van der Waals surface area (Å²) in [6.07, 6.45) is 6.41. The van der Waals surface area contributed by atoms with Gasteiger partial charge in [0.2, 0.25) is 5.91 Å². The Morgan fingerprint density at radius 3 is 2.71 bits per heavy atom. The molecule has 7 heteroatoms. The van der Waals surface area contributed by atoms with Gasteiger partial charge in [-0.05, 0) is 55.0 Å². The summed E-state index contributed by atoms with van der Waals surface area (Å²) in [7, 11) is 0. The van der Waals surface area contributed by atoms with Gasteiger partial charge in [0, 0.05) is 38.4 Å². The zero-order chi connectivity index (χ0) is 19.9. The monoisotopic (exact) mass is 403 g/mol. The van der Waals surface area contributed by atoms with Crippen molar-refractivity contribution in [1.29, 1.82) is 0 Å². The van der Waals surface area contributed by atoms with Crippen LogP contribution in [0.4, 0.5) is 4.39 Å². The normalized spacial score (nSPS) is 14.7. The summed E-state index contributed by atoms with van der Waals surface area (Å²) in [5.41, 5.74) is 1.30. The molecule has 2 amide bonds. The van der Waals surface area contributed by atoms with Gasteiger partial charge in [-0.1, -0.05) is 17.7 Å². The van der Waals surface area contributed by atoms with E-state index in [0.717, 1.165) is 30.9 Å². The first kappa shape index (κ1) is 20.3. The number of aromatic nitrogens is 1. The molecular formula is C21H23ClFN3O2. The Labute approximate surface area is 168 Å². The highest BCUT2D eigenvalue weighted by Crippen LogP contribution is 2.25. The molecule has 1 aromatic heterocycles. The predicted octanol–water partition coefficient (Wildman–Crippen LogP) is 3.82. The van der Waals surface area contributed by atoms with Crippen molar-refractivity contribution >= 4 is 23.4 Å². The number of hydrogen-bond donors (Lipinski definition) is 1. The van der Waals surface area contributed by atoms with E-state index in [9.17, 15) is 14.0 Å². The van der Waals surface area contributed by atoms with E-state index in [1.165, 1.54) is 12.1 Å². The molecule has 0 aliphatic carbocycles. The number of likely N-dealkylation sites (tertiary alicyclic amines) is 1. The van der Waals surface area contributed by atoms with Gasteiger partial charge in [0.25, 0.3) is 5.91 Å². The SMILES string of the molecule is O=C(CCC1CCN(C(=O)c2ccc(F)cc2Cl)CC1)NCc1cccnc1. The van der Waals surface area contributed by atoms with E-state index in [-0.39, 0.29) is 16.8 Å². The number of carbonyl (C=O) groups is 2. The van der Waals surface area contributed by atoms with Crippen LogP contribution in [0.2, 0.25) is 5.02 Å². The van der Waals surface area contributed by atoms with E-state index in [0.29, 0.717) is 37.5 Å². The first-order valence-corrected chi connectivity index (χ1v) is 9.80. The molecule has 1 aliphatic heterocycles. The topological polar surface area (TPSA) is 62.3 Å². The van der Waals surface area contributed by atoms with E-state index in [4.69, 9.17) is 11.6 Å². The number of nitrogens with zero attached hydrogens (tertiary/aromatic N) is 2. The number of nitrogens with one attached hydrogen (secondary N) is 1. The lowest BCUT2D eigenvalue weighted by Crippen LogP contribution is -2.38. The number of hydrogen-bond acceptors (Lipinski definition) is 3. The summed E-state index contributed by atoms with van der Waals surface area (Å²) in [5, 5.41) is 3.05. The van der Waals surface area contributed by atoms with Crippen molar-refractivity contribution in [3.05, 3.63) is 64.7 Å². The average Bonchev–Trinajstić information content (AvgIpc) is 2.71. The molecule has 5 nitrogen and oxygen atoms in total. The largest absolute Gasteiger partial charge is 0.352 e. The Morgan fingerprint density at radius 2 is 2.04 bits per heavy atom. The molecule has 1 aromatic carbocycles. The van der Waals surface area contributed by atoms with Crippen molar-refractivity contribution in [2.45, 2.75) is 32.2 Å². The fraction of sp³-hybridized carbons (Fsp3) is 0.381. The summed E-state index contributed by atoms with van der Waals surface area (Å²) >= 11 is 5.99. The molecule has 1 saturated heterocycles. The number of pyridine rings is 1. The second kappa shape index (κ2) is 9.64. The molecule has 0 radical (unpaired) electrons. The van der Waals surface area contributed by atoms with Crippen LogP contribution in [0.3, 0.4) is 0 Å². The molecule has 0 saturated carbocycles. The molecule has 0 bridgehead atoms. The van der Waals surface area contributed by atoms with Gasteiger partial charge in [-0.3, -0.25) is 14.6 Å². The van der Waals surface area contributed by atoms with Crippen molar-refractivity contribution < 1.29 is 14.0 Å². The fourth-order valence-corrected chi connectivity index (χ4v) is 3.63. The first-order chi connectivity index (χ1) is 13.5. The number of benzene rings is 1. The smallest absolute Gasteiger partial charge is 0.255 e. The van der Waals surface area contributed by atoms with Crippen LogP contribution in [-0.2, 0) is 11.3 Å². The zero-order valence-corrected chi connectivity index (χ0v) is 16.3. The molecular weight excluding hydrogens is 381 g/mol. The summed E-state index contributed by atoms with van der Waals surface area (Å²) in [4.78, 5) is 30.4. The molecule has 0 unspecified atom stereocenters. The van der Waals surface area contributed by atoms with Gasteiger partial charge in [0.1, 0.15) is 5.82 Å². The average molecular weight is 404 g/mol. The second-order valence-electron chi connectivity index (χ2n) is 7.04. The second-order valence-corrected chi connectivity index (χ2v) is 7.44. The Hall–Kier alpha value is -2.47. The minimum absolute atomic E-state index is 0.0282. The van der Waals surface area contributed by atoms with E-state index < -0.39 is 5.82 Å². The summed E-state index contributed by atoms with van der Waals surface area (Å²) in [5.74, 6) is -0.183. The fourth-order valence-electron chi connectivity index (χ4n) is 3.38. The molecule has 28 heavy (non-hydrogen) atoms. The van der Waals surface area contributed by atoms with Crippen LogP contribution in [0.5, 0.6) is 0 Å². The first-order valence-electron chi connectivity index (χ1n) is 9.43. The summed E-state index contributed by atoms with van der Waals surface area (Å²) < 4.78 is 13.2. The Kier molecular flexibility index (Phi) is 6.98. The molecule has 2 aromatic rings. The standard InChI is InChI=1S/C21H23ClFN3O2/c22-19-12-17(23)4-5-18(19)21(28)26-10-7-15(8-11-26)3-6-20(27)25-14-16-2-1-9-24-13-16/h1-2,4-5,9,12-13,15H,3,6-8,10-11,14H2,(H,25,27). The third kappa shape index (κ3) is 5.52. The van der Waals surface area contributed by atoms with Crippen LogP contribution in [0, 0.1) is 11.7 Å². The summed E-state index contributed by atoms with van der Waals surface area (Å²) in [6.45, 7) is 1.72. The number of carbonyl (C=O) groups excluding carboxylic acids is 2. The minimum atomic E-state index is -0.456. The van der Waals surface area contributed by atoms with Crippen LogP contribution >= 0.6 is 11.6 Å². The maximum absolute atomic E-state index is 13.2. The van der Waals surface area contributed by atoms with Crippen LogP contribution in [0.25, 0.3) is 0 Å². The van der Waals surface area contributed by atoms with E-state index in [1.54, 1.807) is 17.3 Å². The summed E-state index contributed by atoms with van der Waals surface area (Å²) in [6, 6.07) is 7.60. The predicted molar refractivity (Wildman–Crippen MR) is 105 cm³/mol. The lowest BCUT2D eigenvalue weighted by atomic mass is 9.91. The lowest BCUT2D eigenvalue weighted by Gasteiger charge is -2.32. The van der Waals surface area contributed by atoms with E-state index in [1.807, 2.05) is 12.1 Å².